The van der Waals surface area contributed by atoms with Crippen molar-refractivity contribution in [3.63, 3.8) is 0 Å². The smallest absolute Gasteiger partial charge is 0.361 e. The molecule has 10 heteroatoms. The average Bonchev–Trinajstić information content (AvgIpc) is 3.03. The van der Waals surface area contributed by atoms with E-state index in [1.807, 2.05) is 22.4 Å². The third-order valence-electron chi connectivity index (χ3n) is 3.82. The number of fused-ring (bicyclic) bond motifs is 1. The number of nitrogens with one attached hydrogen (secondary N) is 3. The molecule has 1 amide bonds. The second kappa shape index (κ2) is 7.05. The molecule has 3 aromatic rings. The molecule has 142 valence electrons. The summed E-state index contributed by atoms with van der Waals surface area (Å²) < 4.78 is 62.4. The first-order valence-electron chi connectivity index (χ1n) is 7.70. The largest absolute Gasteiger partial charge is 0.416 e. The molecular formula is C17H14F3N3O3S. The van der Waals surface area contributed by atoms with E-state index in [9.17, 15) is 26.4 Å². The van der Waals surface area contributed by atoms with Crippen LogP contribution in [-0.4, -0.2) is 19.3 Å². The predicted octanol–water partition coefficient (Wildman–Crippen LogP) is 2.74. The van der Waals surface area contributed by atoms with Crippen molar-refractivity contribution in [2.45, 2.75) is 17.5 Å². The lowest BCUT2D eigenvalue weighted by molar-refractivity contribution is -0.137. The van der Waals surface area contributed by atoms with Crippen LogP contribution in [0.2, 0.25) is 0 Å². The van der Waals surface area contributed by atoms with E-state index in [4.69, 9.17) is 0 Å². The van der Waals surface area contributed by atoms with Gasteiger partial charge in [0.1, 0.15) is 0 Å². The highest BCUT2D eigenvalue weighted by atomic mass is 32.2. The zero-order valence-corrected chi connectivity index (χ0v) is 14.5. The number of para-hydroxylation sites is 1. The van der Waals surface area contributed by atoms with Crippen molar-refractivity contribution < 1.29 is 26.4 Å². The van der Waals surface area contributed by atoms with Gasteiger partial charge in [-0.15, -0.1) is 4.83 Å². The number of aromatic amines is 1. The van der Waals surface area contributed by atoms with Gasteiger partial charge in [0.15, 0.2) is 0 Å². The first-order valence-corrected chi connectivity index (χ1v) is 9.18. The summed E-state index contributed by atoms with van der Waals surface area (Å²) in [6, 6.07) is 10.5. The molecule has 0 radical (unpaired) electrons. The number of halogens is 3. The monoisotopic (exact) mass is 397 g/mol. The minimum absolute atomic E-state index is 0.116. The van der Waals surface area contributed by atoms with Crippen molar-refractivity contribution in [2.75, 3.05) is 0 Å². The minimum atomic E-state index is -4.68. The molecule has 0 unspecified atom stereocenters. The number of aromatic nitrogens is 1. The van der Waals surface area contributed by atoms with Crippen LogP contribution in [0.4, 0.5) is 13.2 Å². The molecule has 0 atom stereocenters. The Kier molecular flexibility index (Phi) is 4.94. The maximum absolute atomic E-state index is 12.7. The van der Waals surface area contributed by atoms with Crippen LogP contribution in [0.1, 0.15) is 11.1 Å². The number of hydrogen-bond acceptors (Lipinski definition) is 3. The van der Waals surface area contributed by atoms with Crippen molar-refractivity contribution in [1.82, 2.24) is 15.2 Å². The Morgan fingerprint density at radius 1 is 1.07 bits per heavy atom. The summed E-state index contributed by atoms with van der Waals surface area (Å²) in [6.45, 7) is 0. The second-order valence-corrected chi connectivity index (χ2v) is 7.40. The first-order chi connectivity index (χ1) is 12.7. The lowest BCUT2D eigenvalue weighted by Crippen LogP contribution is -2.42. The zero-order chi connectivity index (χ0) is 19.7. The van der Waals surface area contributed by atoms with Crippen molar-refractivity contribution in [1.29, 1.82) is 0 Å². The van der Waals surface area contributed by atoms with Gasteiger partial charge in [-0.3, -0.25) is 10.2 Å². The molecule has 0 aliphatic heterocycles. The van der Waals surface area contributed by atoms with Crippen LogP contribution < -0.4 is 10.3 Å². The van der Waals surface area contributed by atoms with Gasteiger partial charge in [-0.05, 0) is 29.8 Å². The summed E-state index contributed by atoms with van der Waals surface area (Å²) in [4.78, 5) is 16.2. The second-order valence-electron chi connectivity index (χ2n) is 5.72. The van der Waals surface area contributed by atoms with Crippen LogP contribution in [0.5, 0.6) is 0 Å². The van der Waals surface area contributed by atoms with Crippen LogP contribution in [0.3, 0.4) is 0 Å². The molecule has 6 nitrogen and oxygen atoms in total. The topological polar surface area (TPSA) is 91.1 Å². The molecule has 0 saturated heterocycles. The SMILES string of the molecule is O=C(Cc1c[nH]c2ccccc12)NNS(=O)(=O)c1cccc(C(F)(F)F)c1. The standard InChI is InChI=1S/C17H14F3N3O3S/c18-17(19,20)12-4-3-5-13(9-12)27(25,26)23-22-16(24)8-11-10-21-15-7-2-1-6-14(11)15/h1-7,9-10,21,23H,8H2,(H,22,24). The quantitative estimate of drug-likeness (QED) is 0.578. The third-order valence-corrected chi connectivity index (χ3v) is 5.07. The molecule has 0 aliphatic carbocycles. The Morgan fingerprint density at radius 2 is 1.81 bits per heavy atom. The van der Waals surface area contributed by atoms with Gasteiger partial charge >= 0.3 is 6.18 Å². The Bertz CT molecular complexity index is 1090. The van der Waals surface area contributed by atoms with Crippen LogP contribution in [0, 0.1) is 0 Å². The number of amides is 1. The molecule has 0 saturated carbocycles. The van der Waals surface area contributed by atoms with Gasteiger partial charge in [-0.1, -0.05) is 24.3 Å². The number of hydrazine groups is 1. The number of H-pyrrole nitrogens is 1. The van der Waals surface area contributed by atoms with Gasteiger partial charge < -0.3 is 4.98 Å². The van der Waals surface area contributed by atoms with E-state index < -0.39 is 32.6 Å². The molecule has 2 aromatic carbocycles. The van der Waals surface area contributed by atoms with E-state index in [1.54, 1.807) is 18.3 Å². The van der Waals surface area contributed by atoms with Crippen molar-refractivity contribution >= 4 is 26.8 Å². The fourth-order valence-corrected chi connectivity index (χ4v) is 3.42. The Morgan fingerprint density at radius 3 is 2.56 bits per heavy atom. The maximum Gasteiger partial charge on any atom is 0.416 e. The van der Waals surface area contributed by atoms with Crippen LogP contribution in [0.25, 0.3) is 10.9 Å². The zero-order valence-electron chi connectivity index (χ0n) is 13.7. The highest BCUT2D eigenvalue weighted by Gasteiger charge is 2.31. The summed E-state index contributed by atoms with van der Waals surface area (Å²) >= 11 is 0. The molecule has 0 spiro atoms. The van der Waals surface area contributed by atoms with Crippen LogP contribution in [-0.2, 0) is 27.4 Å². The van der Waals surface area contributed by atoms with Gasteiger partial charge in [0, 0.05) is 17.1 Å². The summed E-state index contributed by atoms with van der Waals surface area (Å²) in [5.74, 6) is -0.657. The lowest BCUT2D eigenvalue weighted by Gasteiger charge is -2.11. The lowest BCUT2D eigenvalue weighted by atomic mass is 10.1. The Hall–Kier alpha value is -2.85. The molecule has 0 aliphatic rings. The molecule has 0 fully saturated rings. The van der Waals surface area contributed by atoms with Gasteiger partial charge in [0.2, 0.25) is 5.91 Å². The predicted molar refractivity (Wildman–Crippen MR) is 91.9 cm³/mol. The molecule has 0 bridgehead atoms. The summed E-state index contributed by atoms with van der Waals surface area (Å²) in [5, 5.41) is 0.813. The molecule has 27 heavy (non-hydrogen) atoms. The average molecular weight is 397 g/mol. The van der Waals surface area contributed by atoms with Crippen molar-refractivity contribution in [3.05, 3.63) is 65.9 Å². The van der Waals surface area contributed by atoms with E-state index in [1.165, 1.54) is 0 Å². The minimum Gasteiger partial charge on any atom is -0.361 e. The molecule has 3 N–H and O–H groups in total. The fraction of sp³-hybridized carbons (Fsp3) is 0.118. The Balaban J connectivity index is 1.69. The first kappa shape index (κ1) is 18.9. The van der Waals surface area contributed by atoms with Gasteiger partial charge in [-0.25, -0.2) is 8.42 Å². The van der Waals surface area contributed by atoms with E-state index in [2.05, 4.69) is 4.98 Å². The summed E-state index contributed by atoms with van der Waals surface area (Å²) in [7, 11) is -4.35. The van der Waals surface area contributed by atoms with Gasteiger partial charge in [0.25, 0.3) is 10.0 Å². The normalized spacial score (nSPS) is 12.3. The molecule has 1 aromatic heterocycles. The number of benzene rings is 2. The van der Waals surface area contributed by atoms with E-state index >= 15 is 0 Å². The summed E-state index contributed by atoms with van der Waals surface area (Å²) in [5.41, 5.74) is 2.39. The number of carbonyl (C=O) groups excluding carboxylic acids is 1. The third kappa shape index (κ3) is 4.29. The fourth-order valence-electron chi connectivity index (χ4n) is 2.52. The van der Waals surface area contributed by atoms with Crippen molar-refractivity contribution in [3.8, 4) is 0 Å². The molecule has 1 heterocycles. The van der Waals surface area contributed by atoms with E-state index in [0.717, 1.165) is 29.1 Å². The maximum atomic E-state index is 12.7. The number of carbonyl (C=O) groups is 1. The molecular weight excluding hydrogens is 383 g/mol. The van der Waals surface area contributed by atoms with E-state index in [-0.39, 0.29) is 6.42 Å². The molecule has 3 rings (SSSR count). The highest BCUT2D eigenvalue weighted by molar-refractivity contribution is 7.89. The van der Waals surface area contributed by atoms with Gasteiger partial charge in [0.05, 0.1) is 16.9 Å². The Labute approximate surface area is 152 Å². The van der Waals surface area contributed by atoms with Crippen LogP contribution in [0.15, 0.2) is 59.6 Å². The number of hydrogen-bond donors (Lipinski definition) is 3. The van der Waals surface area contributed by atoms with E-state index in [0.29, 0.717) is 11.6 Å². The number of alkyl halides is 3. The number of sulfonamides is 1. The highest BCUT2D eigenvalue weighted by Crippen LogP contribution is 2.30. The summed E-state index contributed by atoms with van der Waals surface area (Å²) in [6.07, 6.45) is -3.16. The van der Waals surface area contributed by atoms with Crippen LogP contribution >= 0.6 is 0 Å². The van der Waals surface area contributed by atoms with Crippen molar-refractivity contribution in [2.24, 2.45) is 0 Å². The number of rotatable bonds is 5. The van der Waals surface area contributed by atoms with Gasteiger partial charge in [-0.2, -0.15) is 13.2 Å².